The molecule has 0 fully saturated rings. The first-order valence-corrected chi connectivity index (χ1v) is 7.00. The van der Waals surface area contributed by atoms with Crippen LogP contribution in [-0.4, -0.2) is 44.8 Å². The van der Waals surface area contributed by atoms with Crippen LogP contribution in [0, 0.1) is 0 Å². The number of pyridine rings is 1. The molecule has 0 saturated carbocycles. The van der Waals surface area contributed by atoms with Crippen LogP contribution in [0.2, 0.25) is 5.15 Å². The minimum absolute atomic E-state index is 0.0276. The number of nitrogens with one attached hydrogen (secondary N) is 1. The maximum atomic E-state index is 11.8. The average Bonchev–Trinajstić information content (AvgIpc) is 2.28. The Morgan fingerprint density at radius 2 is 2.17 bits per heavy atom. The summed E-state index contributed by atoms with van der Waals surface area (Å²) in [5.74, 6) is -0.148. The Balaban J connectivity index is 2.64. The topological polar surface area (TPSA) is 79.4 Å². The Kier molecular flexibility index (Phi) is 5.06. The van der Waals surface area contributed by atoms with Crippen LogP contribution in [-0.2, 0) is 14.8 Å². The average molecular weight is 292 g/mol. The summed E-state index contributed by atoms with van der Waals surface area (Å²) in [6, 6.07) is 2.58. The van der Waals surface area contributed by atoms with Crippen molar-refractivity contribution >= 4 is 27.5 Å². The first-order valence-electron chi connectivity index (χ1n) is 5.14. The number of carbonyl (C=O) groups is 1. The molecule has 6 nitrogen and oxygen atoms in total. The van der Waals surface area contributed by atoms with E-state index in [4.69, 9.17) is 11.6 Å². The fourth-order valence-corrected chi connectivity index (χ4v) is 2.43. The maximum absolute atomic E-state index is 11.8. The number of carbonyl (C=O) groups excluding carboxylic acids is 1. The zero-order valence-corrected chi connectivity index (χ0v) is 11.6. The summed E-state index contributed by atoms with van der Waals surface area (Å²) in [7, 11) is -0.428. The van der Waals surface area contributed by atoms with Crippen LogP contribution in [0.3, 0.4) is 0 Å². The molecule has 1 heterocycles. The van der Waals surface area contributed by atoms with Crippen LogP contribution in [0.1, 0.15) is 6.42 Å². The van der Waals surface area contributed by atoms with Crippen LogP contribution in [0.25, 0.3) is 0 Å². The van der Waals surface area contributed by atoms with E-state index >= 15 is 0 Å². The Bertz CT molecular complexity index is 531. The van der Waals surface area contributed by atoms with E-state index in [-0.39, 0.29) is 28.9 Å². The Morgan fingerprint density at radius 3 is 2.72 bits per heavy atom. The van der Waals surface area contributed by atoms with Gasteiger partial charge in [0.25, 0.3) is 0 Å². The second-order valence-corrected chi connectivity index (χ2v) is 5.90. The molecule has 1 aromatic rings. The van der Waals surface area contributed by atoms with E-state index in [1.54, 1.807) is 14.1 Å². The number of aromatic nitrogens is 1. The van der Waals surface area contributed by atoms with Gasteiger partial charge in [-0.25, -0.2) is 18.1 Å². The van der Waals surface area contributed by atoms with Crippen LogP contribution in [0.5, 0.6) is 0 Å². The second kappa shape index (κ2) is 6.12. The van der Waals surface area contributed by atoms with Crippen molar-refractivity contribution in [3.8, 4) is 0 Å². The highest BCUT2D eigenvalue weighted by Gasteiger charge is 2.15. The summed E-state index contributed by atoms with van der Waals surface area (Å²) >= 11 is 5.61. The highest BCUT2D eigenvalue weighted by molar-refractivity contribution is 7.89. The van der Waals surface area contributed by atoms with Crippen LogP contribution in [0.4, 0.5) is 0 Å². The molecule has 0 aliphatic heterocycles. The minimum Gasteiger partial charge on any atom is -0.349 e. The minimum atomic E-state index is -3.65. The molecule has 0 aliphatic carbocycles. The third-order valence-electron chi connectivity index (χ3n) is 2.14. The number of hydrogen-bond acceptors (Lipinski definition) is 4. The maximum Gasteiger partial charge on any atom is 0.240 e. The summed E-state index contributed by atoms with van der Waals surface area (Å²) in [4.78, 5) is 16.4. The predicted molar refractivity (Wildman–Crippen MR) is 67.7 cm³/mol. The Morgan fingerprint density at radius 1 is 1.50 bits per heavy atom. The van der Waals surface area contributed by atoms with Gasteiger partial charge in [0.05, 0.1) is 4.90 Å². The first-order chi connectivity index (χ1) is 8.33. The molecule has 18 heavy (non-hydrogen) atoms. The van der Waals surface area contributed by atoms with Crippen molar-refractivity contribution in [1.29, 1.82) is 0 Å². The molecule has 1 rings (SSSR count). The van der Waals surface area contributed by atoms with Gasteiger partial charge in [0.1, 0.15) is 5.15 Å². The zero-order chi connectivity index (χ0) is 13.8. The van der Waals surface area contributed by atoms with E-state index in [0.29, 0.717) is 0 Å². The Hall–Kier alpha value is -1.18. The van der Waals surface area contributed by atoms with Gasteiger partial charge in [-0.05, 0) is 12.1 Å². The standard InChI is InChI=1S/C10H14ClN3O3S/c1-14(2)10(15)4-6-13-18(16,17)8-3-5-12-9(11)7-8/h3,5,7,13H,4,6H2,1-2H3. The van der Waals surface area contributed by atoms with Crippen LogP contribution in [0.15, 0.2) is 23.2 Å². The van der Waals surface area contributed by atoms with Gasteiger partial charge >= 0.3 is 0 Å². The normalized spacial score (nSPS) is 11.3. The molecule has 0 atom stereocenters. The molecule has 1 aromatic heterocycles. The third kappa shape index (κ3) is 4.25. The van der Waals surface area contributed by atoms with E-state index in [2.05, 4.69) is 9.71 Å². The lowest BCUT2D eigenvalue weighted by Gasteiger charge is -2.10. The van der Waals surface area contributed by atoms with E-state index in [0.717, 1.165) is 0 Å². The van der Waals surface area contributed by atoms with E-state index in [1.807, 2.05) is 0 Å². The summed E-state index contributed by atoms with van der Waals surface area (Å²) in [6.07, 6.45) is 1.41. The van der Waals surface area contributed by atoms with Crippen molar-refractivity contribution < 1.29 is 13.2 Å². The van der Waals surface area contributed by atoms with Crippen molar-refractivity contribution in [3.05, 3.63) is 23.5 Å². The lowest BCUT2D eigenvalue weighted by atomic mass is 10.4. The highest BCUT2D eigenvalue weighted by atomic mass is 35.5. The fourth-order valence-electron chi connectivity index (χ4n) is 1.15. The molecule has 1 amide bonds. The van der Waals surface area contributed by atoms with Gasteiger partial charge in [0, 0.05) is 33.3 Å². The first kappa shape index (κ1) is 14.9. The number of halogens is 1. The van der Waals surface area contributed by atoms with E-state index in [1.165, 1.54) is 23.2 Å². The number of sulfonamides is 1. The quantitative estimate of drug-likeness (QED) is 0.801. The molecule has 0 bridgehead atoms. The molecular weight excluding hydrogens is 278 g/mol. The van der Waals surface area contributed by atoms with E-state index < -0.39 is 10.0 Å². The van der Waals surface area contributed by atoms with Gasteiger partial charge < -0.3 is 4.90 Å². The largest absolute Gasteiger partial charge is 0.349 e. The van der Waals surface area contributed by atoms with Crippen molar-refractivity contribution in [3.63, 3.8) is 0 Å². The Labute approximate surface area is 111 Å². The van der Waals surface area contributed by atoms with Gasteiger partial charge in [-0.15, -0.1) is 0 Å². The fraction of sp³-hybridized carbons (Fsp3) is 0.400. The van der Waals surface area contributed by atoms with Crippen molar-refractivity contribution in [2.24, 2.45) is 0 Å². The summed E-state index contributed by atoms with van der Waals surface area (Å²) in [6.45, 7) is 0.0410. The smallest absolute Gasteiger partial charge is 0.240 e. The molecule has 0 unspecified atom stereocenters. The predicted octanol–water partition coefficient (Wildman–Crippen LogP) is 0.492. The third-order valence-corrected chi connectivity index (χ3v) is 3.80. The molecule has 0 aromatic carbocycles. The second-order valence-electron chi connectivity index (χ2n) is 3.75. The van der Waals surface area contributed by atoms with Gasteiger partial charge in [-0.2, -0.15) is 0 Å². The number of nitrogens with zero attached hydrogens (tertiary/aromatic N) is 2. The molecule has 100 valence electrons. The zero-order valence-electron chi connectivity index (χ0n) is 10.1. The van der Waals surface area contributed by atoms with Gasteiger partial charge in [-0.3, -0.25) is 4.79 Å². The molecule has 0 saturated heterocycles. The molecular formula is C10H14ClN3O3S. The van der Waals surface area contributed by atoms with Gasteiger partial charge in [0.2, 0.25) is 15.9 Å². The summed E-state index contributed by atoms with van der Waals surface area (Å²) in [5.41, 5.74) is 0. The van der Waals surface area contributed by atoms with Crippen molar-refractivity contribution in [1.82, 2.24) is 14.6 Å². The summed E-state index contributed by atoms with van der Waals surface area (Å²) in [5, 5.41) is 0.0993. The lowest BCUT2D eigenvalue weighted by molar-refractivity contribution is -0.128. The molecule has 8 heteroatoms. The number of rotatable bonds is 5. The van der Waals surface area contributed by atoms with Crippen molar-refractivity contribution in [2.75, 3.05) is 20.6 Å². The van der Waals surface area contributed by atoms with Crippen molar-refractivity contribution in [2.45, 2.75) is 11.3 Å². The molecule has 0 radical (unpaired) electrons. The van der Waals surface area contributed by atoms with Crippen LogP contribution < -0.4 is 4.72 Å². The monoisotopic (exact) mass is 291 g/mol. The number of amides is 1. The van der Waals surface area contributed by atoms with E-state index in [9.17, 15) is 13.2 Å². The molecule has 0 aliphatic rings. The molecule has 0 spiro atoms. The lowest BCUT2D eigenvalue weighted by Crippen LogP contribution is -2.30. The SMILES string of the molecule is CN(C)C(=O)CCNS(=O)(=O)c1ccnc(Cl)c1. The number of hydrogen-bond donors (Lipinski definition) is 1. The van der Waals surface area contributed by atoms with Gasteiger partial charge in [-0.1, -0.05) is 11.6 Å². The summed E-state index contributed by atoms with van der Waals surface area (Å²) < 4.78 is 26.0. The van der Waals surface area contributed by atoms with Crippen LogP contribution >= 0.6 is 11.6 Å². The highest BCUT2D eigenvalue weighted by Crippen LogP contribution is 2.12. The molecule has 1 N–H and O–H groups in total. The van der Waals surface area contributed by atoms with Gasteiger partial charge in [0.15, 0.2) is 0 Å².